The Morgan fingerprint density at radius 3 is 2.36 bits per heavy atom. The van der Waals surface area contributed by atoms with Gasteiger partial charge in [-0.05, 0) is 38.3 Å². The maximum absolute atomic E-state index is 11.8. The van der Waals surface area contributed by atoms with E-state index in [0.717, 1.165) is 38.5 Å². The van der Waals surface area contributed by atoms with Crippen LogP contribution in [-0.4, -0.2) is 68.1 Å². The normalized spacial score (nSPS) is 22.0. The summed E-state index contributed by atoms with van der Waals surface area (Å²) >= 11 is 0. The summed E-state index contributed by atoms with van der Waals surface area (Å²) in [6, 6.07) is -0.432. The minimum absolute atomic E-state index is 0.222. The standard InChI is InChI=1S/C16H30N4O2/c1-17-16(22)18-15(21)13-20-9-5-8-19(10-11-20)12-14-6-3-2-4-7-14/h14H,2-13H2,1H3,(H2,17,18,21,22). The first kappa shape index (κ1) is 17.2. The van der Waals surface area contributed by atoms with Crippen LogP contribution < -0.4 is 10.6 Å². The van der Waals surface area contributed by atoms with Gasteiger partial charge in [0.05, 0.1) is 6.54 Å². The highest BCUT2D eigenvalue weighted by molar-refractivity contribution is 5.95. The molecule has 1 saturated carbocycles. The van der Waals surface area contributed by atoms with Crippen molar-refractivity contribution in [3.8, 4) is 0 Å². The summed E-state index contributed by atoms with van der Waals surface area (Å²) in [5, 5.41) is 4.73. The van der Waals surface area contributed by atoms with E-state index in [-0.39, 0.29) is 5.91 Å². The lowest BCUT2D eigenvalue weighted by Gasteiger charge is -2.28. The number of nitrogens with one attached hydrogen (secondary N) is 2. The van der Waals surface area contributed by atoms with Crippen molar-refractivity contribution in [1.29, 1.82) is 0 Å². The van der Waals surface area contributed by atoms with Gasteiger partial charge in [0.2, 0.25) is 5.91 Å². The molecule has 2 N–H and O–H groups in total. The number of hydrogen-bond donors (Lipinski definition) is 2. The molecule has 0 aromatic rings. The molecule has 3 amide bonds. The zero-order valence-electron chi connectivity index (χ0n) is 13.8. The molecule has 2 fully saturated rings. The van der Waals surface area contributed by atoms with E-state index in [1.807, 2.05) is 0 Å². The van der Waals surface area contributed by atoms with Gasteiger partial charge in [-0.1, -0.05) is 19.3 Å². The van der Waals surface area contributed by atoms with Gasteiger partial charge in [0.15, 0.2) is 0 Å². The number of imide groups is 1. The Bertz CT molecular complexity index is 369. The second-order valence-electron chi connectivity index (χ2n) is 6.56. The second kappa shape index (κ2) is 9.10. The summed E-state index contributed by atoms with van der Waals surface area (Å²) in [5.74, 6) is 0.650. The molecule has 1 aliphatic carbocycles. The minimum Gasteiger partial charge on any atom is -0.341 e. The van der Waals surface area contributed by atoms with E-state index in [1.165, 1.54) is 45.7 Å². The van der Waals surface area contributed by atoms with Crippen LogP contribution >= 0.6 is 0 Å². The number of hydrogen-bond acceptors (Lipinski definition) is 4. The van der Waals surface area contributed by atoms with Crippen LogP contribution in [0.3, 0.4) is 0 Å². The Morgan fingerprint density at radius 2 is 1.64 bits per heavy atom. The van der Waals surface area contributed by atoms with Crippen molar-refractivity contribution in [1.82, 2.24) is 20.4 Å². The molecule has 0 atom stereocenters. The van der Waals surface area contributed by atoms with Crippen molar-refractivity contribution in [2.75, 3.05) is 46.3 Å². The molecule has 1 saturated heterocycles. The maximum Gasteiger partial charge on any atom is 0.321 e. The monoisotopic (exact) mass is 310 g/mol. The molecule has 0 bridgehead atoms. The molecule has 6 heteroatoms. The van der Waals surface area contributed by atoms with Crippen LogP contribution in [-0.2, 0) is 4.79 Å². The average Bonchev–Trinajstić information content (AvgIpc) is 2.73. The third-order valence-corrected chi connectivity index (χ3v) is 4.77. The van der Waals surface area contributed by atoms with E-state index < -0.39 is 6.03 Å². The number of nitrogens with zero attached hydrogens (tertiary/aromatic N) is 2. The highest BCUT2D eigenvalue weighted by atomic mass is 16.2. The second-order valence-corrected chi connectivity index (χ2v) is 6.56. The van der Waals surface area contributed by atoms with Crippen molar-refractivity contribution in [2.45, 2.75) is 38.5 Å². The first-order valence-electron chi connectivity index (χ1n) is 8.63. The van der Waals surface area contributed by atoms with Crippen LogP contribution in [0, 0.1) is 5.92 Å². The van der Waals surface area contributed by atoms with Crippen LogP contribution in [0.25, 0.3) is 0 Å². The molecule has 1 aliphatic heterocycles. The lowest BCUT2D eigenvalue weighted by atomic mass is 9.89. The molecule has 1 heterocycles. The van der Waals surface area contributed by atoms with E-state index >= 15 is 0 Å². The maximum atomic E-state index is 11.8. The molecule has 0 unspecified atom stereocenters. The van der Waals surface area contributed by atoms with Crippen LogP contribution in [0.1, 0.15) is 38.5 Å². The number of carbonyl (C=O) groups excluding carboxylic acids is 2. The summed E-state index contributed by atoms with van der Waals surface area (Å²) in [6.07, 6.45) is 8.06. The smallest absolute Gasteiger partial charge is 0.321 e. The molecular weight excluding hydrogens is 280 g/mol. The zero-order chi connectivity index (χ0) is 15.8. The Morgan fingerprint density at radius 1 is 0.955 bits per heavy atom. The molecule has 0 spiro atoms. The molecule has 0 aromatic carbocycles. The van der Waals surface area contributed by atoms with Gasteiger partial charge < -0.3 is 10.2 Å². The molecule has 126 valence electrons. The van der Waals surface area contributed by atoms with Gasteiger partial charge in [0, 0.05) is 26.7 Å². The summed E-state index contributed by atoms with van der Waals surface area (Å²) in [4.78, 5) is 27.6. The first-order chi connectivity index (χ1) is 10.7. The van der Waals surface area contributed by atoms with Crippen molar-refractivity contribution < 1.29 is 9.59 Å². The predicted molar refractivity (Wildman–Crippen MR) is 86.7 cm³/mol. The highest BCUT2D eigenvalue weighted by Gasteiger charge is 2.21. The summed E-state index contributed by atoms with van der Waals surface area (Å²) < 4.78 is 0. The molecular formula is C16H30N4O2. The van der Waals surface area contributed by atoms with Crippen LogP contribution in [0.5, 0.6) is 0 Å². The summed E-state index contributed by atoms with van der Waals surface area (Å²) in [5.41, 5.74) is 0. The van der Waals surface area contributed by atoms with E-state index in [9.17, 15) is 9.59 Å². The fourth-order valence-electron chi connectivity index (χ4n) is 3.53. The van der Waals surface area contributed by atoms with Gasteiger partial charge in [0.25, 0.3) is 0 Å². The quantitative estimate of drug-likeness (QED) is 0.814. The van der Waals surface area contributed by atoms with Crippen molar-refractivity contribution in [3.63, 3.8) is 0 Å². The molecule has 2 rings (SSSR count). The molecule has 22 heavy (non-hydrogen) atoms. The van der Waals surface area contributed by atoms with Crippen molar-refractivity contribution >= 4 is 11.9 Å². The molecule has 6 nitrogen and oxygen atoms in total. The summed E-state index contributed by atoms with van der Waals surface area (Å²) in [7, 11) is 1.51. The SMILES string of the molecule is CNC(=O)NC(=O)CN1CCCN(CC2CCCCC2)CC1. The highest BCUT2D eigenvalue weighted by Crippen LogP contribution is 2.24. The van der Waals surface area contributed by atoms with Crippen LogP contribution in [0.2, 0.25) is 0 Å². The van der Waals surface area contributed by atoms with Gasteiger partial charge in [-0.3, -0.25) is 15.0 Å². The van der Waals surface area contributed by atoms with E-state index in [1.54, 1.807) is 0 Å². The fraction of sp³-hybridized carbons (Fsp3) is 0.875. The third-order valence-electron chi connectivity index (χ3n) is 4.77. The molecule has 0 aromatic heterocycles. The van der Waals surface area contributed by atoms with Gasteiger partial charge >= 0.3 is 6.03 Å². The Hall–Kier alpha value is -1.14. The molecule has 2 aliphatic rings. The zero-order valence-corrected chi connectivity index (χ0v) is 13.8. The van der Waals surface area contributed by atoms with E-state index in [0.29, 0.717) is 6.54 Å². The van der Waals surface area contributed by atoms with Crippen molar-refractivity contribution in [3.05, 3.63) is 0 Å². The van der Waals surface area contributed by atoms with Crippen LogP contribution in [0.4, 0.5) is 4.79 Å². The summed E-state index contributed by atoms with van der Waals surface area (Å²) in [6.45, 7) is 5.53. The average molecular weight is 310 g/mol. The van der Waals surface area contributed by atoms with Gasteiger partial charge in [-0.2, -0.15) is 0 Å². The minimum atomic E-state index is -0.432. The Balaban J connectivity index is 1.70. The van der Waals surface area contributed by atoms with Gasteiger partial charge in [-0.25, -0.2) is 4.79 Å². The lowest BCUT2D eigenvalue weighted by Crippen LogP contribution is -2.44. The van der Waals surface area contributed by atoms with Gasteiger partial charge in [0.1, 0.15) is 0 Å². The first-order valence-corrected chi connectivity index (χ1v) is 8.63. The topological polar surface area (TPSA) is 64.7 Å². The largest absolute Gasteiger partial charge is 0.341 e. The van der Waals surface area contributed by atoms with E-state index in [2.05, 4.69) is 20.4 Å². The van der Waals surface area contributed by atoms with Gasteiger partial charge in [-0.15, -0.1) is 0 Å². The Kier molecular flexibility index (Phi) is 7.12. The van der Waals surface area contributed by atoms with Crippen LogP contribution in [0.15, 0.2) is 0 Å². The third kappa shape index (κ3) is 5.93. The van der Waals surface area contributed by atoms with E-state index in [4.69, 9.17) is 0 Å². The number of carbonyl (C=O) groups is 2. The molecule has 0 radical (unpaired) electrons. The predicted octanol–water partition coefficient (Wildman–Crippen LogP) is 1.03. The number of amides is 3. The lowest BCUT2D eigenvalue weighted by molar-refractivity contribution is -0.121. The number of rotatable bonds is 4. The fourth-order valence-corrected chi connectivity index (χ4v) is 3.53. The Labute approximate surface area is 133 Å². The van der Waals surface area contributed by atoms with Crippen molar-refractivity contribution in [2.24, 2.45) is 5.92 Å². The number of urea groups is 1.